The number of H-pyrrole nitrogens is 1. The van der Waals surface area contributed by atoms with E-state index in [0.29, 0.717) is 18.2 Å². The Labute approximate surface area is 93.5 Å². The molecule has 0 amide bonds. The lowest BCUT2D eigenvalue weighted by atomic mass is 10.1. The van der Waals surface area contributed by atoms with Gasteiger partial charge in [-0.25, -0.2) is 4.79 Å². The third-order valence-electron chi connectivity index (χ3n) is 3.02. The molecular formula is C11H17N3O2. The number of piperidine rings is 1. The smallest absolute Gasteiger partial charge is 0.312 e. The summed E-state index contributed by atoms with van der Waals surface area (Å²) in [5.41, 5.74) is -0.0313. The van der Waals surface area contributed by atoms with E-state index in [9.17, 15) is 9.59 Å². The molecule has 0 spiro atoms. The van der Waals surface area contributed by atoms with Gasteiger partial charge in [0.25, 0.3) is 5.56 Å². The molecule has 88 valence electrons. The summed E-state index contributed by atoms with van der Waals surface area (Å²) in [7, 11) is 0. The molecule has 1 aromatic rings. The van der Waals surface area contributed by atoms with Gasteiger partial charge in [-0.05, 0) is 26.3 Å². The van der Waals surface area contributed by atoms with E-state index < -0.39 is 0 Å². The highest BCUT2D eigenvalue weighted by atomic mass is 16.2. The molecule has 0 aromatic carbocycles. The summed E-state index contributed by atoms with van der Waals surface area (Å²) in [6.45, 7) is 3.36. The average Bonchev–Trinajstić information content (AvgIpc) is 2.27. The maximum Gasteiger partial charge on any atom is 0.328 e. The predicted octanol–water partition coefficient (Wildman–Crippen LogP) is -0.0129. The van der Waals surface area contributed by atoms with Crippen LogP contribution in [0.3, 0.4) is 0 Å². The molecule has 1 saturated heterocycles. The van der Waals surface area contributed by atoms with E-state index in [1.807, 2.05) is 0 Å². The Morgan fingerprint density at radius 2 is 2.25 bits per heavy atom. The minimum Gasteiger partial charge on any atom is -0.312 e. The number of nitrogens with one attached hydrogen (secondary N) is 2. The fourth-order valence-corrected chi connectivity index (χ4v) is 2.07. The number of nitrogens with zero attached hydrogens (tertiary/aromatic N) is 1. The number of hydrogen-bond donors (Lipinski definition) is 2. The number of aryl methyl sites for hydroxylation is 1. The molecule has 16 heavy (non-hydrogen) atoms. The van der Waals surface area contributed by atoms with Crippen LogP contribution in [0.2, 0.25) is 0 Å². The van der Waals surface area contributed by atoms with Gasteiger partial charge in [-0.2, -0.15) is 0 Å². The lowest BCUT2D eigenvalue weighted by Gasteiger charge is -2.23. The maximum atomic E-state index is 11.5. The second kappa shape index (κ2) is 4.65. The molecule has 2 heterocycles. The Balaban J connectivity index is 2.17. The number of rotatable bonds is 2. The molecule has 1 aliphatic rings. The Morgan fingerprint density at radius 1 is 1.44 bits per heavy atom. The van der Waals surface area contributed by atoms with Crippen molar-refractivity contribution in [3.63, 3.8) is 0 Å². The van der Waals surface area contributed by atoms with Gasteiger partial charge in [0.2, 0.25) is 0 Å². The summed E-state index contributed by atoms with van der Waals surface area (Å²) in [5.74, 6) is 0. The van der Waals surface area contributed by atoms with Crippen LogP contribution in [0.15, 0.2) is 15.8 Å². The van der Waals surface area contributed by atoms with Gasteiger partial charge < -0.3 is 5.32 Å². The summed E-state index contributed by atoms with van der Waals surface area (Å²) < 4.78 is 1.58. The first-order chi connectivity index (χ1) is 7.66. The molecule has 2 N–H and O–H groups in total. The number of hydrogen-bond acceptors (Lipinski definition) is 3. The van der Waals surface area contributed by atoms with Gasteiger partial charge >= 0.3 is 5.69 Å². The van der Waals surface area contributed by atoms with E-state index in [2.05, 4.69) is 10.3 Å². The van der Waals surface area contributed by atoms with Gasteiger partial charge in [0.1, 0.15) is 0 Å². The van der Waals surface area contributed by atoms with Crippen molar-refractivity contribution in [3.8, 4) is 0 Å². The predicted molar refractivity (Wildman–Crippen MR) is 61.7 cm³/mol. The molecule has 5 nitrogen and oxygen atoms in total. The molecule has 1 unspecified atom stereocenters. The fraction of sp³-hybridized carbons (Fsp3) is 0.636. The van der Waals surface area contributed by atoms with Crippen LogP contribution >= 0.6 is 0 Å². The normalized spacial score (nSPS) is 20.9. The fourth-order valence-electron chi connectivity index (χ4n) is 2.07. The second-order valence-corrected chi connectivity index (χ2v) is 4.37. The van der Waals surface area contributed by atoms with Gasteiger partial charge in [0.05, 0.1) is 0 Å². The number of aromatic nitrogens is 2. The summed E-state index contributed by atoms with van der Waals surface area (Å²) in [6.07, 6.45) is 5.13. The van der Waals surface area contributed by atoms with E-state index in [4.69, 9.17) is 0 Å². The average molecular weight is 223 g/mol. The Hall–Kier alpha value is -1.36. The van der Waals surface area contributed by atoms with Crippen LogP contribution in [0.25, 0.3) is 0 Å². The van der Waals surface area contributed by atoms with E-state index in [-0.39, 0.29) is 11.2 Å². The first-order valence-electron chi connectivity index (χ1n) is 5.70. The Kier molecular flexibility index (Phi) is 3.24. The van der Waals surface area contributed by atoms with Crippen LogP contribution in [-0.4, -0.2) is 22.1 Å². The zero-order valence-electron chi connectivity index (χ0n) is 9.45. The second-order valence-electron chi connectivity index (χ2n) is 4.37. The van der Waals surface area contributed by atoms with Crippen molar-refractivity contribution in [2.45, 2.75) is 38.8 Å². The van der Waals surface area contributed by atoms with Crippen molar-refractivity contribution in [1.29, 1.82) is 0 Å². The zero-order chi connectivity index (χ0) is 11.5. The number of aromatic amines is 1. The largest absolute Gasteiger partial charge is 0.328 e. The van der Waals surface area contributed by atoms with Crippen LogP contribution in [-0.2, 0) is 6.54 Å². The monoisotopic (exact) mass is 223 g/mol. The first kappa shape index (κ1) is 11.1. The molecule has 5 heteroatoms. The van der Waals surface area contributed by atoms with Crippen molar-refractivity contribution in [2.75, 3.05) is 6.54 Å². The highest BCUT2D eigenvalue weighted by Crippen LogP contribution is 2.07. The highest BCUT2D eigenvalue weighted by Gasteiger charge is 2.13. The van der Waals surface area contributed by atoms with Gasteiger partial charge in [-0.1, -0.05) is 6.42 Å². The maximum absolute atomic E-state index is 11.5. The first-order valence-corrected chi connectivity index (χ1v) is 5.70. The van der Waals surface area contributed by atoms with E-state index in [0.717, 1.165) is 13.0 Å². The standard InChI is InChI=1S/C11H17N3O2/c1-8-6-14(11(16)13-10(8)15)7-9-4-2-3-5-12-9/h6,9,12H,2-5,7H2,1H3,(H,13,15,16). The molecule has 0 bridgehead atoms. The van der Waals surface area contributed by atoms with Crippen LogP contribution in [0.4, 0.5) is 0 Å². The molecule has 0 saturated carbocycles. The third-order valence-corrected chi connectivity index (χ3v) is 3.02. The Bertz CT molecular complexity index is 469. The third kappa shape index (κ3) is 2.41. The van der Waals surface area contributed by atoms with Gasteiger partial charge in [0, 0.05) is 24.3 Å². The molecule has 0 radical (unpaired) electrons. The minimum absolute atomic E-state index is 0.294. The molecule has 2 rings (SSSR count). The molecule has 1 atom stereocenters. The quantitative estimate of drug-likeness (QED) is 0.741. The van der Waals surface area contributed by atoms with Crippen LogP contribution < -0.4 is 16.6 Å². The Morgan fingerprint density at radius 3 is 2.94 bits per heavy atom. The zero-order valence-corrected chi connectivity index (χ0v) is 9.45. The summed E-state index contributed by atoms with van der Waals surface area (Å²) >= 11 is 0. The van der Waals surface area contributed by atoms with Crippen molar-refractivity contribution < 1.29 is 0 Å². The van der Waals surface area contributed by atoms with Crippen molar-refractivity contribution in [3.05, 3.63) is 32.6 Å². The van der Waals surface area contributed by atoms with Gasteiger partial charge in [-0.15, -0.1) is 0 Å². The van der Waals surface area contributed by atoms with Gasteiger partial charge in [-0.3, -0.25) is 14.3 Å². The lowest BCUT2D eigenvalue weighted by molar-refractivity contribution is 0.357. The van der Waals surface area contributed by atoms with Crippen LogP contribution in [0, 0.1) is 6.92 Å². The summed E-state index contributed by atoms with van der Waals surface area (Å²) in [6, 6.07) is 0.344. The van der Waals surface area contributed by atoms with E-state index in [1.165, 1.54) is 12.8 Å². The van der Waals surface area contributed by atoms with Crippen molar-refractivity contribution >= 4 is 0 Å². The van der Waals surface area contributed by atoms with Crippen molar-refractivity contribution in [2.24, 2.45) is 0 Å². The lowest BCUT2D eigenvalue weighted by Crippen LogP contribution is -2.41. The highest BCUT2D eigenvalue weighted by molar-refractivity contribution is 5.01. The van der Waals surface area contributed by atoms with Gasteiger partial charge in [0.15, 0.2) is 0 Å². The molecule has 1 fully saturated rings. The SMILES string of the molecule is Cc1cn(CC2CCCCN2)c(=O)[nH]c1=O. The van der Waals surface area contributed by atoms with Crippen LogP contribution in [0.1, 0.15) is 24.8 Å². The molecular weight excluding hydrogens is 206 g/mol. The topological polar surface area (TPSA) is 66.9 Å². The molecule has 0 aliphatic carbocycles. The van der Waals surface area contributed by atoms with E-state index in [1.54, 1.807) is 17.7 Å². The molecule has 1 aromatic heterocycles. The summed E-state index contributed by atoms with van der Waals surface area (Å²) in [5, 5.41) is 3.38. The van der Waals surface area contributed by atoms with Crippen molar-refractivity contribution in [1.82, 2.24) is 14.9 Å². The minimum atomic E-state index is -0.317. The van der Waals surface area contributed by atoms with E-state index >= 15 is 0 Å². The summed E-state index contributed by atoms with van der Waals surface area (Å²) in [4.78, 5) is 25.1. The molecule has 1 aliphatic heterocycles. The van der Waals surface area contributed by atoms with Crippen LogP contribution in [0.5, 0.6) is 0 Å².